The molecular weight excluding hydrogens is 721 g/mol. The first kappa shape index (κ1) is 38.4. The van der Waals surface area contributed by atoms with Crippen LogP contribution in [0.15, 0.2) is 98.2 Å². The van der Waals surface area contributed by atoms with Crippen LogP contribution in [0.25, 0.3) is 0 Å². The highest BCUT2D eigenvalue weighted by Gasteiger charge is 2.56. The number of aromatic amines is 1. The van der Waals surface area contributed by atoms with Crippen LogP contribution in [0.1, 0.15) is 31.1 Å². The van der Waals surface area contributed by atoms with Gasteiger partial charge in [-0.25, -0.2) is 19.5 Å². The van der Waals surface area contributed by atoms with Crippen LogP contribution < -0.4 is 16.2 Å². The number of fused-ring (bicyclic) bond motifs is 1. The molecule has 2 aromatic carbocycles. The summed E-state index contributed by atoms with van der Waals surface area (Å²) in [6, 6.07) is 17.5. The number of ether oxygens (including phenoxy) is 3. The quantitative estimate of drug-likeness (QED) is 0.0507. The number of hydrogen-bond donors (Lipinski definition) is 2. The van der Waals surface area contributed by atoms with Crippen LogP contribution in [-0.4, -0.2) is 82.4 Å². The molecule has 18 heteroatoms. The third kappa shape index (κ3) is 8.81. The zero-order valence-corrected chi connectivity index (χ0v) is 30.8. The molecule has 3 aromatic rings. The third-order valence-corrected chi connectivity index (χ3v) is 11.6. The molecule has 2 unspecified atom stereocenters. The van der Waals surface area contributed by atoms with Gasteiger partial charge in [0.15, 0.2) is 17.6 Å². The van der Waals surface area contributed by atoms with Gasteiger partial charge in [0.05, 0.1) is 19.8 Å². The normalized spacial score (nSPS) is 17.7. The maximum Gasteiger partial charge on any atom is 0.406 e. The molecule has 2 atom stereocenters. The Morgan fingerprint density at radius 2 is 1.65 bits per heavy atom. The number of benzene rings is 2. The van der Waals surface area contributed by atoms with Gasteiger partial charge >= 0.3 is 24.8 Å². The molecule has 0 radical (unpaired) electrons. The molecule has 15 nitrogen and oxygen atoms in total. The Kier molecular flexibility index (Phi) is 13.3. The number of aromatic nitrogens is 3. The summed E-state index contributed by atoms with van der Waals surface area (Å²) in [6.45, 7) is 3.40. The van der Waals surface area contributed by atoms with Gasteiger partial charge < -0.3 is 14.2 Å². The molecule has 0 spiro atoms. The Morgan fingerprint density at radius 1 is 1.04 bits per heavy atom. The average Bonchev–Trinajstić information content (AvgIpc) is 3.14. The van der Waals surface area contributed by atoms with E-state index in [1.807, 2.05) is 60.7 Å². The SMILES string of the molecule is CCOP(=O)(NC1C(=O)N2C(C(=O)OC(c3ccccc3)c3ccccc3)=C(/C=C/Sc3n[nH]c(=O)c(=O)n3CC(OC)OC)CSC12)OCC. The molecule has 2 aliphatic heterocycles. The number of carbonyl (C=O) groups excluding carboxylic acids is 2. The van der Waals surface area contributed by atoms with Crippen LogP contribution in [0.3, 0.4) is 0 Å². The molecule has 1 aromatic heterocycles. The van der Waals surface area contributed by atoms with E-state index in [-0.39, 0.29) is 36.4 Å². The van der Waals surface area contributed by atoms with Crippen LogP contribution in [0.5, 0.6) is 0 Å². The number of esters is 1. The van der Waals surface area contributed by atoms with Gasteiger partial charge in [-0.2, -0.15) is 0 Å². The molecule has 2 aliphatic rings. The molecule has 0 aliphatic carbocycles. The summed E-state index contributed by atoms with van der Waals surface area (Å²) in [4.78, 5) is 54.2. The number of H-pyrrole nitrogens is 1. The molecule has 1 amide bonds. The first-order valence-corrected chi connectivity index (χ1v) is 19.4. The Labute approximate surface area is 302 Å². The van der Waals surface area contributed by atoms with Gasteiger partial charge in [-0.05, 0) is 42.0 Å². The lowest BCUT2D eigenvalue weighted by Gasteiger charge is -2.50. The molecule has 1 fully saturated rings. The van der Waals surface area contributed by atoms with Crippen molar-refractivity contribution in [2.75, 3.05) is 33.2 Å². The van der Waals surface area contributed by atoms with Gasteiger partial charge in [-0.1, -0.05) is 72.4 Å². The molecule has 0 bridgehead atoms. The highest BCUT2D eigenvalue weighted by molar-refractivity contribution is 8.02. The van der Waals surface area contributed by atoms with Crippen molar-refractivity contribution in [1.82, 2.24) is 24.8 Å². The highest BCUT2D eigenvalue weighted by Crippen LogP contribution is 2.49. The summed E-state index contributed by atoms with van der Waals surface area (Å²) in [6.07, 6.45) is -0.00157. The number of methoxy groups -OCH3 is 2. The van der Waals surface area contributed by atoms with Crippen LogP contribution in [0.4, 0.5) is 0 Å². The summed E-state index contributed by atoms with van der Waals surface area (Å²) in [7, 11) is -1.02. The summed E-state index contributed by atoms with van der Waals surface area (Å²) in [5, 5.41) is 10.1. The number of allylic oxidation sites excluding steroid dienone is 1. The van der Waals surface area contributed by atoms with Crippen molar-refractivity contribution < 1.29 is 37.4 Å². The maximum atomic E-state index is 14.3. The van der Waals surface area contributed by atoms with E-state index in [9.17, 15) is 23.7 Å². The van der Waals surface area contributed by atoms with Crippen LogP contribution in [0, 0.1) is 0 Å². The second-order valence-electron chi connectivity index (χ2n) is 10.9. The maximum absolute atomic E-state index is 14.3. The summed E-state index contributed by atoms with van der Waals surface area (Å²) >= 11 is 2.34. The first-order valence-electron chi connectivity index (χ1n) is 15.9. The zero-order chi connectivity index (χ0) is 36.5. The summed E-state index contributed by atoms with van der Waals surface area (Å²) < 4.78 is 41.8. The van der Waals surface area contributed by atoms with E-state index in [2.05, 4.69) is 15.3 Å². The van der Waals surface area contributed by atoms with E-state index < -0.39 is 54.6 Å². The topological polar surface area (TPSA) is 180 Å². The number of thioether (sulfide) groups is 2. The predicted molar refractivity (Wildman–Crippen MR) is 191 cm³/mol. The molecule has 51 heavy (non-hydrogen) atoms. The van der Waals surface area contributed by atoms with Crippen molar-refractivity contribution in [3.05, 3.63) is 115 Å². The largest absolute Gasteiger partial charge is 0.448 e. The second-order valence-corrected chi connectivity index (χ2v) is 14.7. The number of carbonyl (C=O) groups is 2. The standard InChI is InChI=1S/C33H38N5O10PS2/c1-5-46-49(43,47-6-2)36-25-29(40)38-26(32(42)48-27(21-13-9-7-10-14-21)22-15-11-8-12-16-22)23(20-51-31(25)38)17-18-50-33-35-34-28(39)30(41)37(33)19-24(44-3)45-4/h7-18,24-25,27,31H,5-6,19-20H2,1-4H3,(H,34,39)(H,36,43)/b18-17+. The number of nitrogens with one attached hydrogen (secondary N) is 2. The zero-order valence-electron chi connectivity index (χ0n) is 28.3. The number of rotatable bonds is 17. The highest BCUT2D eigenvalue weighted by atomic mass is 32.2. The summed E-state index contributed by atoms with van der Waals surface area (Å²) in [5.41, 5.74) is 0.133. The molecule has 5 rings (SSSR count). The van der Waals surface area contributed by atoms with Crippen LogP contribution >= 0.6 is 31.3 Å². The summed E-state index contributed by atoms with van der Waals surface area (Å²) in [5.74, 6) is -1.02. The van der Waals surface area contributed by atoms with Gasteiger partial charge in [-0.3, -0.25) is 32.9 Å². The van der Waals surface area contributed by atoms with Gasteiger partial charge in [-0.15, -0.1) is 16.9 Å². The van der Waals surface area contributed by atoms with Gasteiger partial charge in [0.25, 0.3) is 0 Å². The Morgan fingerprint density at radius 3 is 2.22 bits per heavy atom. The number of hydrogen-bond acceptors (Lipinski definition) is 13. The Hall–Kier alpha value is -3.80. The number of amides is 1. The molecule has 2 N–H and O–H groups in total. The second kappa shape index (κ2) is 17.6. The Balaban J connectivity index is 1.50. The lowest BCUT2D eigenvalue weighted by atomic mass is 10.0. The minimum Gasteiger partial charge on any atom is -0.448 e. The lowest BCUT2D eigenvalue weighted by molar-refractivity contribution is -0.153. The van der Waals surface area contributed by atoms with Gasteiger partial charge in [0, 0.05) is 20.0 Å². The smallest absolute Gasteiger partial charge is 0.406 e. The number of nitrogens with zero attached hydrogens (tertiary/aromatic N) is 3. The lowest BCUT2D eigenvalue weighted by Crippen LogP contribution is -2.69. The monoisotopic (exact) mass is 759 g/mol. The van der Waals surface area contributed by atoms with E-state index in [4.69, 9.17) is 23.3 Å². The van der Waals surface area contributed by atoms with Gasteiger partial charge in [0.1, 0.15) is 17.1 Å². The van der Waals surface area contributed by atoms with E-state index in [1.165, 1.54) is 30.9 Å². The molecule has 1 saturated heterocycles. The third-order valence-electron chi connectivity index (χ3n) is 7.74. The Bertz CT molecular complexity index is 1870. The molecule has 0 saturated carbocycles. The van der Waals surface area contributed by atoms with Crippen molar-refractivity contribution in [3.8, 4) is 0 Å². The predicted octanol–water partition coefficient (Wildman–Crippen LogP) is 3.80. The molecule has 272 valence electrons. The van der Waals surface area contributed by atoms with Gasteiger partial charge in [0.2, 0.25) is 5.91 Å². The van der Waals surface area contributed by atoms with E-state index >= 15 is 0 Å². The molecule has 3 heterocycles. The van der Waals surface area contributed by atoms with Crippen molar-refractivity contribution in [2.24, 2.45) is 0 Å². The van der Waals surface area contributed by atoms with Crippen molar-refractivity contribution in [3.63, 3.8) is 0 Å². The fourth-order valence-corrected chi connectivity index (χ4v) is 9.01. The van der Waals surface area contributed by atoms with E-state index in [0.717, 1.165) is 27.5 Å². The first-order chi connectivity index (χ1) is 24.6. The van der Waals surface area contributed by atoms with Crippen molar-refractivity contribution in [1.29, 1.82) is 0 Å². The van der Waals surface area contributed by atoms with Crippen LogP contribution in [0.2, 0.25) is 0 Å². The van der Waals surface area contributed by atoms with Crippen LogP contribution in [-0.2, 0) is 44.0 Å². The van der Waals surface area contributed by atoms with E-state index in [1.54, 1.807) is 25.3 Å². The minimum absolute atomic E-state index is 0.00353. The minimum atomic E-state index is -3.82. The van der Waals surface area contributed by atoms with Crippen molar-refractivity contribution in [2.45, 2.75) is 49.4 Å². The van der Waals surface area contributed by atoms with E-state index in [0.29, 0.717) is 5.57 Å². The van der Waals surface area contributed by atoms with Crippen molar-refractivity contribution >= 4 is 43.1 Å². The fourth-order valence-electron chi connectivity index (χ4n) is 5.35. The number of β-lactam (4-membered cyclic amide) rings is 1. The average molecular weight is 760 g/mol. The fraction of sp³-hybridized carbons (Fsp3) is 0.364. The molecular formula is C33H38N5O10PS2.